The second kappa shape index (κ2) is 4.21. The first-order chi connectivity index (χ1) is 8.95. The molecule has 2 saturated carbocycles. The van der Waals surface area contributed by atoms with Gasteiger partial charge in [-0.15, -0.1) is 0 Å². The van der Waals surface area contributed by atoms with Gasteiger partial charge in [0.05, 0.1) is 0 Å². The van der Waals surface area contributed by atoms with Gasteiger partial charge in [0.2, 0.25) is 0 Å². The van der Waals surface area contributed by atoms with Gasteiger partial charge in [-0.1, -0.05) is 60.7 Å². The number of hydrogen-bond acceptors (Lipinski definition) is 0. The van der Waals surface area contributed by atoms with E-state index in [1.165, 1.54) is 12.8 Å². The highest BCUT2D eigenvalue weighted by Gasteiger charge is 2.59. The molecule has 0 nitrogen and oxygen atoms in total. The van der Waals surface area contributed by atoms with Gasteiger partial charge in [0, 0.05) is 0 Å². The highest BCUT2D eigenvalue weighted by Crippen LogP contribution is 2.69. The van der Waals surface area contributed by atoms with Crippen LogP contribution in [-0.4, -0.2) is 5.66 Å². The molecule has 90 valence electrons. The van der Waals surface area contributed by atoms with E-state index in [2.05, 4.69) is 60.7 Å². The van der Waals surface area contributed by atoms with Crippen LogP contribution >= 0.6 is 7.92 Å². The number of rotatable bonds is 3. The molecule has 0 aromatic heterocycles. The van der Waals surface area contributed by atoms with Crippen LogP contribution in [0.15, 0.2) is 60.7 Å². The highest BCUT2D eigenvalue weighted by molar-refractivity contribution is 7.74. The molecule has 0 N–H and O–H groups in total. The Morgan fingerprint density at radius 2 is 1.11 bits per heavy atom. The first-order valence-corrected chi connectivity index (χ1v) is 8.25. The number of benzene rings is 2. The van der Waals surface area contributed by atoms with Gasteiger partial charge in [-0.3, -0.25) is 0 Å². The second-order valence-corrected chi connectivity index (χ2v) is 7.81. The van der Waals surface area contributed by atoms with E-state index in [9.17, 15) is 0 Å². The van der Waals surface area contributed by atoms with Crippen LogP contribution in [0.25, 0.3) is 0 Å². The maximum absolute atomic E-state index is 2.33. The van der Waals surface area contributed by atoms with Crippen molar-refractivity contribution < 1.29 is 0 Å². The Hall–Kier alpha value is -1.13. The van der Waals surface area contributed by atoms with Crippen molar-refractivity contribution in [3.05, 3.63) is 60.7 Å². The molecule has 2 aliphatic rings. The molecule has 0 bridgehead atoms. The Bertz CT molecular complexity index is 485. The fraction of sp³-hybridized carbons (Fsp3) is 0.294. The smallest absolute Gasteiger partial charge is 0.00664 e. The fourth-order valence-electron chi connectivity index (χ4n) is 3.37. The van der Waals surface area contributed by atoms with E-state index in [4.69, 9.17) is 0 Å². The van der Waals surface area contributed by atoms with Crippen molar-refractivity contribution in [2.24, 2.45) is 11.8 Å². The summed E-state index contributed by atoms with van der Waals surface area (Å²) >= 11 is 0. The summed E-state index contributed by atoms with van der Waals surface area (Å²) in [4.78, 5) is 0. The summed E-state index contributed by atoms with van der Waals surface area (Å²) in [6.07, 6.45) is 2.96. The topological polar surface area (TPSA) is 0 Å². The summed E-state index contributed by atoms with van der Waals surface area (Å²) in [5.41, 5.74) is 0.977. The minimum atomic E-state index is -0.115. The van der Waals surface area contributed by atoms with Crippen molar-refractivity contribution >= 4 is 18.5 Å². The number of hydrogen-bond donors (Lipinski definition) is 0. The van der Waals surface area contributed by atoms with Crippen molar-refractivity contribution in [3.8, 4) is 0 Å². The van der Waals surface area contributed by atoms with Gasteiger partial charge in [0.25, 0.3) is 0 Å². The van der Waals surface area contributed by atoms with Crippen LogP contribution in [0.5, 0.6) is 0 Å². The standard InChI is InChI=1S/C17H17P/c1-3-7-13(8-4-1)18(14-9-5-2-6-10-14)17-15-11-12-16(15)17/h1-10,15-17H,11-12H2/t15-,16-/m1/s1. The molecule has 2 aliphatic carbocycles. The molecule has 1 heteroatoms. The highest BCUT2D eigenvalue weighted by atomic mass is 31.1. The largest absolute Gasteiger partial charge is 0.0622 e. The van der Waals surface area contributed by atoms with E-state index in [1.54, 1.807) is 10.6 Å². The van der Waals surface area contributed by atoms with Crippen LogP contribution in [0, 0.1) is 11.8 Å². The van der Waals surface area contributed by atoms with Gasteiger partial charge in [-0.2, -0.15) is 0 Å². The van der Waals surface area contributed by atoms with E-state index < -0.39 is 0 Å². The Kier molecular flexibility index (Phi) is 2.52. The Morgan fingerprint density at radius 1 is 0.667 bits per heavy atom. The predicted molar refractivity (Wildman–Crippen MR) is 79.1 cm³/mol. The van der Waals surface area contributed by atoms with Crippen LogP contribution in [0.3, 0.4) is 0 Å². The molecule has 0 amide bonds. The zero-order valence-electron chi connectivity index (χ0n) is 10.4. The van der Waals surface area contributed by atoms with E-state index in [-0.39, 0.29) is 7.92 Å². The zero-order chi connectivity index (χ0) is 11.9. The zero-order valence-corrected chi connectivity index (χ0v) is 11.3. The molecule has 4 rings (SSSR count). The molecule has 0 unspecified atom stereocenters. The molecule has 0 heterocycles. The summed E-state index contributed by atoms with van der Waals surface area (Å²) in [7, 11) is -0.115. The molecule has 2 atom stereocenters. The van der Waals surface area contributed by atoms with E-state index in [0.717, 1.165) is 17.5 Å². The maximum Gasteiger partial charge on any atom is -0.00664 e. The molecule has 2 aromatic carbocycles. The molecular formula is C17H17P. The summed E-state index contributed by atoms with van der Waals surface area (Å²) in [5, 5.41) is 3.14. The van der Waals surface area contributed by atoms with Crippen LogP contribution < -0.4 is 10.6 Å². The Balaban J connectivity index is 1.75. The van der Waals surface area contributed by atoms with Gasteiger partial charge in [0.1, 0.15) is 0 Å². The van der Waals surface area contributed by atoms with Crippen LogP contribution in [0.1, 0.15) is 12.8 Å². The predicted octanol–water partition coefficient (Wildman–Crippen LogP) is 3.53. The van der Waals surface area contributed by atoms with Crippen molar-refractivity contribution in [1.82, 2.24) is 0 Å². The lowest BCUT2D eigenvalue weighted by molar-refractivity contribution is 0.468. The first kappa shape index (κ1) is 10.8. The molecular weight excluding hydrogens is 235 g/mol. The number of fused-ring (bicyclic) bond motifs is 1. The summed E-state index contributed by atoms with van der Waals surface area (Å²) < 4.78 is 0. The first-order valence-electron chi connectivity index (χ1n) is 6.84. The summed E-state index contributed by atoms with van der Waals surface area (Å²) in [6.45, 7) is 0. The molecule has 0 aliphatic heterocycles. The summed E-state index contributed by atoms with van der Waals surface area (Å²) in [6, 6.07) is 22.3. The quantitative estimate of drug-likeness (QED) is 0.733. The van der Waals surface area contributed by atoms with Crippen LogP contribution in [-0.2, 0) is 0 Å². The van der Waals surface area contributed by atoms with Gasteiger partial charge >= 0.3 is 0 Å². The molecule has 0 spiro atoms. The van der Waals surface area contributed by atoms with Crippen molar-refractivity contribution in [2.45, 2.75) is 18.5 Å². The monoisotopic (exact) mass is 252 g/mol. The maximum atomic E-state index is 2.33. The van der Waals surface area contributed by atoms with E-state index in [1.807, 2.05) is 0 Å². The third-order valence-electron chi connectivity index (χ3n) is 4.49. The van der Waals surface area contributed by atoms with Gasteiger partial charge in [-0.25, -0.2) is 0 Å². The van der Waals surface area contributed by atoms with Crippen LogP contribution in [0.2, 0.25) is 0 Å². The minimum absolute atomic E-state index is 0.115. The molecule has 0 radical (unpaired) electrons. The third-order valence-corrected chi connectivity index (χ3v) is 7.56. The second-order valence-electron chi connectivity index (χ2n) is 5.44. The normalized spacial score (nSPS) is 28.6. The molecule has 0 saturated heterocycles. The molecule has 2 aromatic rings. The van der Waals surface area contributed by atoms with Crippen molar-refractivity contribution in [3.63, 3.8) is 0 Å². The third kappa shape index (κ3) is 1.63. The SMILES string of the molecule is c1ccc(P(c2ccccc2)C2[C@@H]3CC[C@@H]23)cc1. The Morgan fingerprint density at radius 3 is 1.50 bits per heavy atom. The lowest BCUT2D eigenvalue weighted by Crippen LogP contribution is -2.15. The van der Waals surface area contributed by atoms with E-state index >= 15 is 0 Å². The summed E-state index contributed by atoms with van der Waals surface area (Å²) in [5.74, 6) is 2.10. The van der Waals surface area contributed by atoms with Gasteiger partial charge in [0.15, 0.2) is 0 Å². The van der Waals surface area contributed by atoms with E-state index in [0.29, 0.717) is 0 Å². The molecule has 18 heavy (non-hydrogen) atoms. The molecule has 2 fully saturated rings. The van der Waals surface area contributed by atoms with Gasteiger partial charge < -0.3 is 0 Å². The average Bonchev–Trinajstić information content (AvgIpc) is 2.92. The lowest BCUT2D eigenvalue weighted by Gasteiger charge is -2.18. The van der Waals surface area contributed by atoms with Crippen molar-refractivity contribution in [1.29, 1.82) is 0 Å². The minimum Gasteiger partial charge on any atom is -0.0622 e. The fourth-order valence-corrected chi connectivity index (χ4v) is 6.75. The van der Waals surface area contributed by atoms with Gasteiger partial charge in [-0.05, 0) is 48.9 Å². The average molecular weight is 252 g/mol. The van der Waals surface area contributed by atoms with Crippen molar-refractivity contribution in [2.75, 3.05) is 0 Å². The lowest BCUT2D eigenvalue weighted by atomic mass is 10.0. The van der Waals surface area contributed by atoms with Crippen LogP contribution in [0.4, 0.5) is 0 Å². The Labute approximate surface area is 110 Å².